The van der Waals surface area contributed by atoms with Gasteiger partial charge in [0.2, 0.25) is 0 Å². The summed E-state index contributed by atoms with van der Waals surface area (Å²) < 4.78 is 41.4. The van der Waals surface area contributed by atoms with Crippen LogP contribution in [0.5, 0.6) is 0 Å². The van der Waals surface area contributed by atoms with Gasteiger partial charge in [-0.05, 0) is 32.0 Å². The van der Waals surface area contributed by atoms with Crippen molar-refractivity contribution in [2.24, 2.45) is 0 Å². The van der Waals surface area contributed by atoms with Crippen molar-refractivity contribution in [2.45, 2.75) is 31.5 Å². The maximum Gasteiger partial charge on any atom is 0.433 e. The number of nitrogens with two attached hydrogens (primary N) is 1. The van der Waals surface area contributed by atoms with Crippen LogP contribution in [-0.4, -0.2) is 51.2 Å². The minimum Gasteiger partial charge on any atom is -0.382 e. The summed E-state index contributed by atoms with van der Waals surface area (Å²) in [4.78, 5) is 18.4. The summed E-state index contributed by atoms with van der Waals surface area (Å²) in [5.41, 5.74) is 5.77. The van der Waals surface area contributed by atoms with Crippen LogP contribution < -0.4 is 16.0 Å². The first kappa shape index (κ1) is 23.2. The molecule has 8 nitrogen and oxygen atoms in total. The third kappa shape index (κ3) is 5.03. The van der Waals surface area contributed by atoms with Gasteiger partial charge in [0.05, 0.1) is 5.69 Å². The maximum atomic E-state index is 13.1. The lowest BCUT2D eigenvalue weighted by Gasteiger charge is -2.33. The van der Waals surface area contributed by atoms with Crippen LogP contribution in [0.25, 0.3) is 11.3 Å². The SMILES string of the molecule is CNCCn1cc(-c2ccnc(C(F)(F)F)c2)nc1C1CCN(c2ncnc(N)c2Cl)CC1. The Bertz CT molecular complexity index is 1110. The molecule has 1 aliphatic heterocycles. The molecule has 0 unspecified atom stereocenters. The zero-order valence-corrected chi connectivity index (χ0v) is 18.7. The van der Waals surface area contributed by atoms with E-state index in [1.54, 1.807) is 6.07 Å². The molecule has 3 aromatic rings. The summed E-state index contributed by atoms with van der Waals surface area (Å²) in [5.74, 6) is 1.86. The Morgan fingerprint density at radius 2 is 1.97 bits per heavy atom. The first-order valence-corrected chi connectivity index (χ1v) is 10.9. The molecule has 4 heterocycles. The molecule has 3 aromatic heterocycles. The van der Waals surface area contributed by atoms with Crippen LogP contribution in [0.2, 0.25) is 5.02 Å². The molecule has 0 saturated carbocycles. The van der Waals surface area contributed by atoms with E-state index in [1.165, 1.54) is 12.5 Å². The number of nitrogens with zero attached hydrogens (tertiary/aromatic N) is 6. The number of nitrogens with one attached hydrogen (secondary N) is 1. The average molecular weight is 481 g/mol. The maximum absolute atomic E-state index is 13.1. The van der Waals surface area contributed by atoms with Crippen LogP contribution in [0.3, 0.4) is 0 Å². The monoisotopic (exact) mass is 480 g/mol. The van der Waals surface area contributed by atoms with Crippen LogP contribution in [0.1, 0.15) is 30.3 Å². The van der Waals surface area contributed by atoms with Crippen LogP contribution in [0.15, 0.2) is 30.9 Å². The molecule has 3 N–H and O–H groups in total. The number of piperidine rings is 1. The van der Waals surface area contributed by atoms with Crippen LogP contribution in [0, 0.1) is 0 Å². The van der Waals surface area contributed by atoms with Crippen molar-refractivity contribution >= 4 is 23.2 Å². The first-order valence-electron chi connectivity index (χ1n) is 10.5. The fourth-order valence-electron chi connectivity index (χ4n) is 3.99. The average Bonchev–Trinajstić information content (AvgIpc) is 3.23. The molecular formula is C21H24ClF3N8. The lowest BCUT2D eigenvalue weighted by molar-refractivity contribution is -0.141. The number of imidazole rings is 1. The molecule has 33 heavy (non-hydrogen) atoms. The second kappa shape index (κ2) is 9.52. The molecule has 0 spiro atoms. The molecule has 0 aliphatic carbocycles. The Morgan fingerprint density at radius 3 is 2.67 bits per heavy atom. The Kier molecular flexibility index (Phi) is 6.71. The summed E-state index contributed by atoms with van der Waals surface area (Å²) in [6, 6.07) is 2.59. The Balaban J connectivity index is 1.58. The van der Waals surface area contributed by atoms with Crippen molar-refractivity contribution in [1.29, 1.82) is 0 Å². The predicted octanol–water partition coefficient (Wildman–Crippen LogP) is 3.59. The number of hydrogen-bond donors (Lipinski definition) is 2. The first-order chi connectivity index (χ1) is 15.8. The van der Waals surface area contributed by atoms with E-state index < -0.39 is 11.9 Å². The molecule has 0 radical (unpaired) electrons. The second-order valence-electron chi connectivity index (χ2n) is 7.87. The van der Waals surface area contributed by atoms with E-state index in [4.69, 9.17) is 22.3 Å². The minimum atomic E-state index is -4.51. The number of alkyl halides is 3. The van der Waals surface area contributed by atoms with Crippen LogP contribution >= 0.6 is 11.6 Å². The van der Waals surface area contributed by atoms with Crippen LogP contribution in [-0.2, 0) is 12.7 Å². The number of rotatable bonds is 6. The van der Waals surface area contributed by atoms with Crippen molar-refractivity contribution in [2.75, 3.05) is 37.3 Å². The Hall–Kier alpha value is -2.92. The van der Waals surface area contributed by atoms with E-state index in [9.17, 15) is 13.2 Å². The van der Waals surface area contributed by atoms with Crippen molar-refractivity contribution in [3.63, 3.8) is 0 Å². The van der Waals surface area contributed by atoms with Gasteiger partial charge in [-0.25, -0.2) is 15.0 Å². The Morgan fingerprint density at radius 1 is 1.21 bits per heavy atom. The minimum absolute atomic E-state index is 0.147. The van der Waals surface area contributed by atoms with E-state index in [2.05, 4.69) is 25.2 Å². The van der Waals surface area contributed by atoms with Gasteiger partial charge in [-0.15, -0.1) is 0 Å². The van der Waals surface area contributed by atoms with E-state index in [0.29, 0.717) is 48.3 Å². The van der Waals surface area contributed by atoms with Crippen molar-refractivity contribution in [3.05, 3.63) is 47.4 Å². The predicted molar refractivity (Wildman–Crippen MR) is 120 cm³/mol. The molecule has 4 rings (SSSR count). The highest BCUT2D eigenvalue weighted by Crippen LogP contribution is 2.35. The summed E-state index contributed by atoms with van der Waals surface area (Å²) in [6.45, 7) is 2.76. The van der Waals surface area contributed by atoms with Gasteiger partial charge >= 0.3 is 6.18 Å². The number of anilines is 2. The highest BCUT2D eigenvalue weighted by Gasteiger charge is 2.33. The van der Waals surface area contributed by atoms with Gasteiger partial charge in [-0.3, -0.25) is 4.98 Å². The van der Waals surface area contributed by atoms with Gasteiger partial charge in [-0.1, -0.05) is 11.6 Å². The third-order valence-electron chi connectivity index (χ3n) is 5.71. The number of likely N-dealkylation sites (N-methyl/N-ethyl adjacent to an activating group) is 1. The highest BCUT2D eigenvalue weighted by molar-refractivity contribution is 6.35. The molecule has 1 aliphatic rings. The zero-order valence-electron chi connectivity index (χ0n) is 18.0. The quantitative estimate of drug-likeness (QED) is 0.556. The van der Waals surface area contributed by atoms with E-state index in [-0.39, 0.29) is 11.7 Å². The van der Waals surface area contributed by atoms with Crippen molar-refractivity contribution < 1.29 is 13.2 Å². The summed E-state index contributed by atoms with van der Waals surface area (Å²) in [5, 5.41) is 3.45. The van der Waals surface area contributed by atoms with Gasteiger partial charge in [-0.2, -0.15) is 13.2 Å². The molecule has 0 aromatic carbocycles. The zero-order chi connectivity index (χ0) is 23.6. The summed E-state index contributed by atoms with van der Waals surface area (Å²) in [6.07, 6.45) is 1.45. The van der Waals surface area contributed by atoms with Crippen LogP contribution in [0.4, 0.5) is 24.8 Å². The number of pyridine rings is 1. The highest BCUT2D eigenvalue weighted by atomic mass is 35.5. The number of hydrogen-bond acceptors (Lipinski definition) is 7. The molecule has 176 valence electrons. The molecule has 1 fully saturated rings. The molecule has 0 bridgehead atoms. The lowest BCUT2D eigenvalue weighted by atomic mass is 9.96. The number of halogens is 4. The summed E-state index contributed by atoms with van der Waals surface area (Å²) in [7, 11) is 1.85. The molecule has 12 heteroatoms. The largest absolute Gasteiger partial charge is 0.433 e. The smallest absolute Gasteiger partial charge is 0.382 e. The van der Waals surface area contributed by atoms with E-state index >= 15 is 0 Å². The Labute approximate surface area is 194 Å². The molecule has 0 atom stereocenters. The fraction of sp³-hybridized carbons (Fsp3) is 0.429. The number of aromatic nitrogens is 5. The van der Waals surface area contributed by atoms with Crippen molar-refractivity contribution in [1.82, 2.24) is 29.8 Å². The second-order valence-corrected chi connectivity index (χ2v) is 8.24. The van der Waals surface area contributed by atoms with Crippen molar-refractivity contribution in [3.8, 4) is 11.3 Å². The fourth-order valence-corrected chi connectivity index (χ4v) is 4.21. The third-order valence-corrected chi connectivity index (χ3v) is 6.08. The van der Waals surface area contributed by atoms with Gasteiger partial charge in [0.25, 0.3) is 0 Å². The van der Waals surface area contributed by atoms with Gasteiger partial charge < -0.3 is 20.5 Å². The molecule has 0 amide bonds. The van der Waals surface area contributed by atoms with E-state index in [0.717, 1.165) is 24.7 Å². The van der Waals surface area contributed by atoms with Gasteiger partial charge in [0, 0.05) is 50.1 Å². The normalized spacial score (nSPS) is 15.2. The summed E-state index contributed by atoms with van der Waals surface area (Å²) >= 11 is 6.28. The standard InChI is InChI=1S/C21H24ClF3N8/c1-27-6-9-33-11-15(14-2-5-28-16(10-14)21(23,24)25)31-19(33)13-3-7-32(8-4-13)20-17(22)18(26)29-12-30-20/h2,5,10-13,27H,3-4,6-9H2,1H3,(H2,26,29,30). The molecular weight excluding hydrogens is 457 g/mol. The molecule has 1 saturated heterocycles. The topological polar surface area (TPSA) is 97.8 Å². The number of nitrogen functional groups attached to an aromatic ring is 1. The van der Waals surface area contributed by atoms with E-state index in [1.807, 2.05) is 17.8 Å². The van der Waals surface area contributed by atoms with Gasteiger partial charge in [0.1, 0.15) is 28.7 Å². The van der Waals surface area contributed by atoms with Gasteiger partial charge in [0.15, 0.2) is 5.82 Å². The lowest BCUT2D eigenvalue weighted by Crippen LogP contribution is -2.34.